The third kappa shape index (κ3) is 6.87. The SMILES string of the molecule is C=C(/C(F)=C\C(=C(/C)F)S(=O)(=O)NCC(CC)N(CC)CC)c1ccc(C#N)cc1. The van der Waals surface area contributed by atoms with E-state index in [9.17, 15) is 17.2 Å². The molecule has 0 radical (unpaired) electrons. The highest BCUT2D eigenvalue weighted by molar-refractivity contribution is 7.93. The number of likely N-dealkylation sites (N-methyl/N-ethyl adjacent to an activating group) is 1. The van der Waals surface area contributed by atoms with Crippen molar-refractivity contribution >= 4 is 15.6 Å². The van der Waals surface area contributed by atoms with Crippen LogP contribution in [0.5, 0.6) is 0 Å². The number of sulfonamides is 1. The summed E-state index contributed by atoms with van der Waals surface area (Å²) in [6.45, 7) is 12.1. The van der Waals surface area contributed by atoms with Gasteiger partial charge in [-0.2, -0.15) is 5.26 Å². The predicted octanol–water partition coefficient (Wildman–Crippen LogP) is 4.67. The summed E-state index contributed by atoms with van der Waals surface area (Å²) in [4.78, 5) is 1.32. The maximum atomic E-state index is 14.7. The van der Waals surface area contributed by atoms with Crippen molar-refractivity contribution in [3.8, 4) is 6.07 Å². The van der Waals surface area contributed by atoms with E-state index in [1.807, 2.05) is 26.8 Å². The van der Waals surface area contributed by atoms with Gasteiger partial charge in [0.05, 0.1) is 11.6 Å². The molecule has 164 valence electrons. The Bertz CT molecular complexity index is 938. The number of halogens is 2. The molecule has 0 amide bonds. The Labute approximate surface area is 178 Å². The minimum absolute atomic E-state index is 0.0571. The average Bonchev–Trinajstić information content (AvgIpc) is 2.73. The maximum Gasteiger partial charge on any atom is 0.243 e. The van der Waals surface area contributed by atoms with Crippen LogP contribution in [0, 0.1) is 11.3 Å². The molecule has 0 saturated heterocycles. The molecular formula is C22H29F2N3O2S. The van der Waals surface area contributed by atoms with Crippen molar-refractivity contribution in [2.45, 2.75) is 40.2 Å². The smallest absolute Gasteiger partial charge is 0.243 e. The van der Waals surface area contributed by atoms with Crippen molar-refractivity contribution in [1.29, 1.82) is 5.26 Å². The number of nitrogens with one attached hydrogen (secondary N) is 1. The van der Waals surface area contributed by atoms with Crippen LogP contribution in [0.15, 0.2) is 53.5 Å². The second-order valence-corrected chi connectivity index (χ2v) is 8.43. The molecule has 30 heavy (non-hydrogen) atoms. The van der Waals surface area contributed by atoms with Crippen LogP contribution < -0.4 is 4.72 Å². The largest absolute Gasteiger partial charge is 0.300 e. The zero-order valence-electron chi connectivity index (χ0n) is 17.9. The number of hydrogen-bond donors (Lipinski definition) is 1. The lowest BCUT2D eigenvalue weighted by Gasteiger charge is -2.28. The fourth-order valence-corrected chi connectivity index (χ4v) is 4.20. The van der Waals surface area contributed by atoms with Crippen LogP contribution in [-0.4, -0.2) is 39.0 Å². The van der Waals surface area contributed by atoms with Crippen LogP contribution in [0.25, 0.3) is 5.57 Å². The fourth-order valence-electron chi connectivity index (χ4n) is 3.00. The van der Waals surface area contributed by atoms with Crippen LogP contribution in [-0.2, 0) is 10.0 Å². The molecule has 1 atom stereocenters. The van der Waals surface area contributed by atoms with Crippen LogP contribution in [0.2, 0.25) is 0 Å². The fraction of sp³-hybridized carbons (Fsp3) is 0.409. The van der Waals surface area contributed by atoms with E-state index in [1.54, 1.807) is 0 Å². The molecule has 1 unspecified atom stereocenters. The van der Waals surface area contributed by atoms with E-state index >= 15 is 0 Å². The Morgan fingerprint density at radius 3 is 2.23 bits per heavy atom. The first-order valence-corrected chi connectivity index (χ1v) is 11.3. The lowest BCUT2D eigenvalue weighted by molar-refractivity contribution is 0.212. The molecule has 0 heterocycles. The standard InChI is InChI=1S/C22H29F2N3O2S/c1-6-20(27(7-2)8-3)15-26-30(28,29)22(17(5)23)13-21(24)16(4)19-11-9-18(14-25)10-12-19/h9-13,20,26H,4,6-8,15H2,1-3,5H3/b21-13+,22-17-. The molecule has 0 aliphatic heterocycles. The first-order chi connectivity index (χ1) is 14.1. The van der Waals surface area contributed by atoms with Gasteiger partial charge in [-0.3, -0.25) is 4.90 Å². The van der Waals surface area contributed by atoms with Gasteiger partial charge < -0.3 is 0 Å². The zero-order chi connectivity index (χ0) is 22.9. The van der Waals surface area contributed by atoms with Crippen LogP contribution in [0.1, 0.15) is 45.2 Å². The van der Waals surface area contributed by atoms with Crippen LogP contribution >= 0.6 is 0 Å². The van der Waals surface area contributed by atoms with Crippen molar-refractivity contribution in [3.05, 3.63) is 64.6 Å². The molecule has 1 rings (SSSR count). The molecule has 1 N–H and O–H groups in total. The highest BCUT2D eigenvalue weighted by Crippen LogP contribution is 2.26. The number of benzene rings is 1. The van der Waals surface area contributed by atoms with Crippen LogP contribution in [0.4, 0.5) is 8.78 Å². The van der Waals surface area contributed by atoms with Gasteiger partial charge in [-0.15, -0.1) is 0 Å². The van der Waals surface area contributed by atoms with Crippen molar-refractivity contribution in [1.82, 2.24) is 9.62 Å². The molecule has 1 aromatic carbocycles. The Morgan fingerprint density at radius 1 is 1.23 bits per heavy atom. The Morgan fingerprint density at radius 2 is 1.80 bits per heavy atom. The summed E-state index contributed by atoms with van der Waals surface area (Å²) in [5.74, 6) is -2.01. The van der Waals surface area contributed by atoms with Gasteiger partial charge in [-0.05, 0) is 50.2 Å². The summed E-state index contributed by atoms with van der Waals surface area (Å²) in [6.07, 6.45) is 1.34. The summed E-state index contributed by atoms with van der Waals surface area (Å²) in [5.41, 5.74) is 0.640. The van der Waals surface area contributed by atoms with Gasteiger partial charge in [0.2, 0.25) is 10.0 Å². The second kappa shape index (κ2) is 11.7. The molecule has 0 bridgehead atoms. The van der Waals surface area contributed by atoms with Gasteiger partial charge in [0.1, 0.15) is 16.6 Å². The summed E-state index contributed by atoms with van der Waals surface area (Å²) in [5, 5.41) is 8.84. The van der Waals surface area contributed by atoms with E-state index in [-0.39, 0.29) is 18.2 Å². The lowest BCUT2D eigenvalue weighted by atomic mass is 10.0. The van der Waals surface area contributed by atoms with Gasteiger partial charge in [-0.25, -0.2) is 21.9 Å². The summed E-state index contributed by atoms with van der Waals surface area (Å²) >= 11 is 0. The topological polar surface area (TPSA) is 73.2 Å². The van der Waals surface area contributed by atoms with E-state index in [4.69, 9.17) is 5.26 Å². The first-order valence-electron chi connectivity index (χ1n) is 9.78. The molecule has 0 aromatic heterocycles. The Kier molecular flexibility index (Phi) is 10.1. The van der Waals surface area contributed by atoms with Gasteiger partial charge in [-0.1, -0.05) is 39.5 Å². The van der Waals surface area contributed by atoms with Gasteiger partial charge in [0, 0.05) is 18.2 Å². The van der Waals surface area contributed by atoms with Crippen LogP contribution in [0.3, 0.4) is 0 Å². The third-order valence-electron chi connectivity index (χ3n) is 4.85. The number of allylic oxidation sites excluding steroid dienone is 4. The maximum absolute atomic E-state index is 14.7. The zero-order valence-corrected chi connectivity index (χ0v) is 18.7. The van der Waals surface area contributed by atoms with E-state index in [0.717, 1.165) is 20.0 Å². The average molecular weight is 438 g/mol. The Hall–Kier alpha value is -2.34. The first kappa shape index (κ1) is 25.7. The number of rotatable bonds is 11. The normalized spacial score (nSPS) is 14.3. The summed E-state index contributed by atoms with van der Waals surface area (Å²) in [7, 11) is -4.27. The van der Waals surface area contributed by atoms with Crippen molar-refractivity contribution in [3.63, 3.8) is 0 Å². The lowest BCUT2D eigenvalue weighted by Crippen LogP contribution is -2.43. The minimum atomic E-state index is -4.27. The molecule has 0 saturated carbocycles. The molecule has 8 heteroatoms. The van der Waals surface area contributed by atoms with E-state index in [2.05, 4.69) is 16.2 Å². The minimum Gasteiger partial charge on any atom is -0.300 e. The Balaban J connectivity index is 3.10. The number of hydrogen-bond acceptors (Lipinski definition) is 4. The highest BCUT2D eigenvalue weighted by Gasteiger charge is 2.23. The highest BCUT2D eigenvalue weighted by atomic mass is 32.2. The molecule has 0 aliphatic carbocycles. The molecular weight excluding hydrogens is 408 g/mol. The molecule has 1 aromatic rings. The van der Waals surface area contributed by atoms with E-state index in [1.165, 1.54) is 24.3 Å². The second-order valence-electron chi connectivity index (χ2n) is 6.69. The monoisotopic (exact) mass is 437 g/mol. The van der Waals surface area contributed by atoms with E-state index < -0.39 is 26.6 Å². The number of nitrogens with zero attached hydrogens (tertiary/aromatic N) is 2. The van der Waals surface area contributed by atoms with Crippen molar-refractivity contribution < 1.29 is 17.2 Å². The van der Waals surface area contributed by atoms with Gasteiger partial charge in [0.15, 0.2) is 0 Å². The van der Waals surface area contributed by atoms with Gasteiger partial charge in [0.25, 0.3) is 0 Å². The predicted molar refractivity (Wildman–Crippen MR) is 117 cm³/mol. The number of nitriles is 1. The summed E-state index contributed by atoms with van der Waals surface area (Å²) in [6, 6.07) is 7.84. The third-order valence-corrected chi connectivity index (χ3v) is 6.37. The van der Waals surface area contributed by atoms with Crippen molar-refractivity contribution in [2.75, 3.05) is 19.6 Å². The molecule has 0 fully saturated rings. The quantitative estimate of drug-likeness (QED) is 0.511. The summed E-state index contributed by atoms with van der Waals surface area (Å²) < 4.78 is 56.5. The van der Waals surface area contributed by atoms with E-state index in [0.29, 0.717) is 23.6 Å². The molecule has 0 spiro atoms. The molecule has 5 nitrogen and oxygen atoms in total. The van der Waals surface area contributed by atoms with Gasteiger partial charge >= 0.3 is 0 Å². The van der Waals surface area contributed by atoms with Crippen molar-refractivity contribution in [2.24, 2.45) is 0 Å². The molecule has 0 aliphatic rings.